The van der Waals surface area contributed by atoms with Crippen molar-refractivity contribution < 1.29 is 9.53 Å². The van der Waals surface area contributed by atoms with Crippen molar-refractivity contribution in [2.45, 2.75) is 13.0 Å². The molecule has 0 aliphatic carbocycles. The van der Waals surface area contributed by atoms with Crippen LogP contribution in [-0.2, 0) is 11.3 Å². The van der Waals surface area contributed by atoms with E-state index < -0.39 is 0 Å². The van der Waals surface area contributed by atoms with Gasteiger partial charge in [0.2, 0.25) is 0 Å². The van der Waals surface area contributed by atoms with Gasteiger partial charge < -0.3 is 20.7 Å². The molecule has 3 N–H and O–H groups in total. The number of carbonyl (C=O) groups excluding carboxylic acids is 1. The van der Waals surface area contributed by atoms with Gasteiger partial charge in [0, 0.05) is 26.2 Å². The second kappa shape index (κ2) is 7.87. The molecule has 2 rings (SSSR count). The third kappa shape index (κ3) is 4.83. The molecule has 20 heavy (non-hydrogen) atoms. The van der Waals surface area contributed by atoms with Gasteiger partial charge in [0.05, 0.1) is 0 Å². The normalized spacial score (nSPS) is 18.9. The zero-order valence-electron chi connectivity index (χ0n) is 11.8. The Morgan fingerprint density at radius 1 is 1.40 bits per heavy atom. The van der Waals surface area contributed by atoms with Crippen molar-refractivity contribution in [2.24, 2.45) is 11.7 Å². The lowest BCUT2D eigenvalue weighted by molar-refractivity contribution is 0.138. The van der Waals surface area contributed by atoms with Gasteiger partial charge in [-0.05, 0) is 24.4 Å². The number of rotatable bonds is 6. The van der Waals surface area contributed by atoms with Crippen LogP contribution < -0.4 is 11.1 Å². The first-order valence-electron chi connectivity index (χ1n) is 7.15. The van der Waals surface area contributed by atoms with E-state index in [1.54, 1.807) is 0 Å². The fraction of sp³-hybridized carbons (Fsp3) is 0.533. The Kier molecular flexibility index (Phi) is 5.83. The van der Waals surface area contributed by atoms with Gasteiger partial charge in [0.1, 0.15) is 6.61 Å². The largest absolute Gasteiger partial charge is 0.445 e. The highest BCUT2D eigenvalue weighted by Gasteiger charge is 2.22. The van der Waals surface area contributed by atoms with Gasteiger partial charge in [-0.2, -0.15) is 0 Å². The molecule has 0 aromatic heterocycles. The van der Waals surface area contributed by atoms with Crippen molar-refractivity contribution in [3.63, 3.8) is 0 Å². The number of ether oxygens (including phenoxy) is 1. The Morgan fingerprint density at radius 2 is 2.20 bits per heavy atom. The van der Waals surface area contributed by atoms with Crippen LogP contribution in [0.1, 0.15) is 12.0 Å². The molecule has 0 spiro atoms. The van der Waals surface area contributed by atoms with E-state index in [9.17, 15) is 4.79 Å². The summed E-state index contributed by atoms with van der Waals surface area (Å²) in [6.07, 6.45) is 0.769. The molecule has 1 aromatic carbocycles. The number of carbonyl (C=O) groups is 1. The smallest absolute Gasteiger partial charge is 0.407 e. The monoisotopic (exact) mass is 277 g/mol. The summed E-state index contributed by atoms with van der Waals surface area (Å²) < 4.78 is 5.18. The maximum atomic E-state index is 11.6. The molecule has 5 nitrogen and oxygen atoms in total. The van der Waals surface area contributed by atoms with E-state index in [1.165, 1.54) is 0 Å². The van der Waals surface area contributed by atoms with Crippen LogP contribution in [0.2, 0.25) is 0 Å². The molecule has 0 saturated carbocycles. The van der Waals surface area contributed by atoms with Gasteiger partial charge >= 0.3 is 6.09 Å². The molecular formula is C15H23N3O2. The summed E-state index contributed by atoms with van der Waals surface area (Å²) in [7, 11) is 0. The van der Waals surface area contributed by atoms with Crippen LogP contribution in [0.4, 0.5) is 4.79 Å². The highest BCUT2D eigenvalue weighted by Crippen LogP contribution is 2.14. The number of nitrogens with zero attached hydrogens (tertiary/aromatic N) is 1. The second-order valence-electron chi connectivity index (χ2n) is 5.19. The number of likely N-dealkylation sites (tertiary alicyclic amines) is 1. The molecule has 1 atom stereocenters. The number of amides is 1. The molecule has 1 saturated heterocycles. The van der Waals surface area contributed by atoms with Gasteiger partial charge in [-0.25, -0.2) is 4.79 Å². The van der Waals surface area contributed by atoms with Gasteiger partial charge in [0.25, 0.3) is 0 Å². The van der Waals surface area contributed by atoms with E-state index in [1.807, 2.05) is 30.3 Å². The summed E-state index contributed by atoms with van der Waals surface area (Å²) in [5.74, 6) is 0.505. The number of nitrogens with two attached hydrogens (primary N) is 1. The van der Waals surface area contributed by atoms with Crippen molar-refractivity contribution in [1.29, 1.82) is 0 Å². The van der Waals surface area contributed by atoms with Crippen LogP contribution in [0.5, 0.6) is 0 Å². The van der Waals surface area contributed by atoms with Crippen LogP contribution in [0.15, 0.2) is 30.3 Å². The Balaban J connectivity index is 1.61. The van der Waals surface area contributed by atoms with Crippen LogP contribution in [0.25, 0.3) is 0 Å². The fourth-order valence-electron chi connectivity index (χ4n) is 2.47. The molecule has 5 heteroatoms. The first kappa shape index (κ1) is 14.8. The summed E-state index contributed by atoms with van der Waals surface area (Å²) in [5.41, 5.74) is 6.54. The highest BCUT2D eigenvalue weighted by atomic mass is 16.5. The molecule has 1 amide bonds. The molecule has 0 bridgehead atoms. The van der Waals surface area contributed by atoms with Crippen LogP contribution >= 0.6 is 0 Å². The van der Waals surface area contributed by atoms with Crippen LogP contribution in [-0.4, -0.2) is 43.7 Å². The Bertz CT molecular complexity index is 411. The molecule has 1 heterocycles. The van der Waals surface area contributed by atoms with Gasteiger partial charge in [0.15, 0.2) is 0 Å². The number of nitrogens with one attached hydrogen (secondary N) is 1. The molecule has 0 radical (unpaired) electrons. The molecular weight excluding hydrogens is 254 g/mol. The zero-order valence-corrected chi connectivity index (χ0v) is 11.8. The van der Waals surface area contributed by atoms with Crippen molar-refractivity contribution in [2.75, 3.05) is 32.7 Å². The first-order valence-corrected chi connectivity index (χ1v) is 7.15. The third-order valence-corrected chi connectivity index (χ3v) is 3.56. The SMILES string of the molecule is NCCN1CC[C@H](CNC(=O)OCc2ccccc2)C1. The third-order valence-electron chi connectivity index (χ3n) is 3.56. The van der Waals surface area contributed by atoms with Crippen molar-refractivity contribution in [1.82, 2.24) is 10.2 Å². The predicted molar refractivity (Wildman–Crippen MR) is 78.2 cm³/mol. The second-order valence-corrected chi connectivity index (χ2v) is 5.19. The van der Waals surface area contributed by atoms with E-state index in [0.717, 1.165) is 31.6 Å². The minimum Gasteiger partial charge on any atom is -0.445 e. The van der Waals surface area contributed by atoms with Gasteiger partial charge in [-0.1, -0.05) is 30.3 Å². The standard InChI is InChI=1S/C15H23N3O2/c16-7-9-18-8-6-14(11-18)10-17-15(19)20-12-13-4-2-1-3-5-13/h1-5,14H,6-12,16H2,(H,17,19)/t14-/m1/s1. The number of benzene rings is 1. The van der Waals surface area contributed by atoms with Gasteiger partial charge in [-0.3, -0.25) is 0 Å². The molecule has 0 unspecified atom stereocenters. The lowest BCUT2D eigenvalue weighted by Gasteiger charge is -2.15. The summed E-state index contributed by atoms with van der Waals surface area (Å²) in [4.78, 5) is 13.9. The van der Waals surface area contributed by atoms with Crippen LogP contribution in [0.3, 0.4) is 0 Å². The maximum Gasteiger partial charge on any atom is 0.407 e. The van der Waals surface area contributed by atoms with E-state index in [4.69, 9.17) is 10.5 Å². The summed E-state index contributed by atoms with van der Waals surface area (Å²) in [6, 6.07) is 9.68. The minimum atomic E-state index is -0.342. The van der Waals surface area contributed by atoms with E-state index in [2.05, 4.69) is 10.2 Å². The highest BCUT2D eigenvalue weighted by molar-refractivity contribution is 5.67. The summed E-state index contributed by atoms with van der Waals surface area (Å²) in [5, 5.41) is 2.84. The fourth-order valence-corrected chi connectivity index (χ4v) is 2.47. The number of hydrogen-bond donors (Lipinski definition) is 2. The lowest BCUT2D eigenvalue weighted by atomic mass is 10.1. The first-order chi connectivity index (χ1) is 9.78. The Labute approximate surface area is 120 Å². The van der Waals surface area contributed by atoms with Crippen molar-refractivity contribution in [3.05, 3.63) is 35.9 Å². The molecule has 1 fully saturated rings. The number of alkyl carbamates (subject to hydrolysis) is 1. The topological polar surface area (TPSA) is 67.6 Å². The minimum absolute atomic E-state index is 0.316. The summed E-state index contributed by atoms with van der Waals surface area (Å²) in [6.45, 7) is 4.71. The average Bonchev–Trinajstić information content (AvgIpc) is 2.92. The van der Waals surface area contributed by atoms with E-state index in [0.29, 0.717) is 25.6 Å². The predicted octanol–water partition coefficient (Wildman–Crippen LogP) is 1.19. The number of hydrogen-bond acceptors (Lipinski definition) is 4. The van der Waals surface area contributed by atoms with Crippen molar-refractivity contribution >= 4 is 6.09 Å². The van der Waals surface area contributed by atoms with Crippen molar-refractivity contribution in [3.8, 4) is 0 Å². The quantitative estimate of drug-likeness (QED) is 0.819. The Hall–Kier alpha value is -1.59. The van der Waals surface area contributed by atoms with E-state index in [-0.39, 0.29) is 6.09 Å². The molecule has 110 valence electrons. The lowest BCUT2D eigenvalue weighted by Crippen LogP contribution is -2.32. The van der Waals surface area contributed by atoms with Gasteiger partial charge in [-0.15, -0.1) is 0 Å². The Morgan fingerprint density at radius 3 is 2.95 bits per heavy atom. The maximum absolute atomic E-state index is 11.6. The zero-order chi connectivity index (χ0) is 14.2. The van der Waals surface area contributed by atoms with E-state index >= 15 is 0 Å². The summed E-state index contributed by atoms with van der Waals surface area (Å²) >= 11 is 0. The molecule has 1 aromatic rings. The molecule has 1 aliphatic heterocycles. The van der Waals surface area contributed by atoms with Crippen LogP contribution in [0, 0.1) is 5.92 Å². The average molecular weight is 277 g/mol. The molecule has 1 aliphatic rings.